The summed E-state index contributed by atoms with van der Waals surface area (Å²) in [5.74, 6) is 0.589. The first-order valence-electron chi connectivity index (χ1n) is 7.19. The minimum absolute atomic E-state index is 0.0247. The van der Waals surface area contributed by atoms with Gasteiger partial charge in [-0.2, -0.15) is 0 Å². The van der Waals surface area contributed by atoms with Gasteiger partial charge in [-0.1, -0.05) is 40.2 Å². The lowest BCUT2D eigenvalue weighted by Gasteiger charge is -2.12. The van der Waals surface area contributed by atoms with E-state index in [2.05, 4.69) is 21.2 Å². The molecule has 3 rings (SSSR count). The van der Waals surface area contributed by atoms with E-state index in [0.717, 1.165) is 21.3 Å². The van der Waals surface area contributed by atoms with Gasteiger partial charge in [0.15, 0.2) is 0 Å². The molecule has 0 aromatic heterocycles. The highest BCUT2D eigenvalue weighted by Crippen LogP contribution is 2.33. The number of thioether (sulfide) groups is 1. The number of carboxylic acids is 1. The molecule has 0 aliphatic carbocycles. The number of hydrogen-bond acceptors (Lipinski definition) is 4. The molecule has 6 heteroatoms. The van der Waals surface area contributed by atoms with E-state index in [1.807, 2.05) is 48.5 Å². The molecule has 0 saturated carbocycles. The van der Waals surface area contributed by atoms with E-state index < -0.39 is 12.0 Å². The number of halogens is 1. The Labute approximate surface area is 147 Å². The zero-order chi connectivity index (χ0) is 16.2. The maximum atomic E-state index is 11.0. The quantitative estimate of drug-likeness (QED) is 0.808. The third-order valence-corrected chi connectivity index (χ3v) is 5.38. The topological polar surface area (TPSA) is 58.6 Å². The molecule has 1 aliphatic rings. The van der Waals surface area contributed by atoms with Gasteiger partial charge in [0.05, 0.1) is 5.37 Å². The zero-order valence-corrected chi connectivity index (χ0v) is 14.6. The average molecular weight is 394 g/mol. The van der Waals surface area contributed by atoms with Crippen molar-refractivity contribution in [3.63, 3.8) is 0 Å². The van der Waals surface area contributed by atoms with Gasteiger partial charge < -0.3 is 9.84 Å². The Bertz CT molecular complexity index is 675. The number of hydrogen-bond donors (Lipinski definition) is 2. The maximum absolute atomic E-state index is 11.0. The molecule has 0 spiro atoms. The van der Waals surface area contributed by atoms with Crippen molar-refractivity contribution in [2.45, 2.75) is 18.0 Å². The molecular formula is C17H16BrNO3S. The van der Waals surface area contributed by atoms with E-state index in [-0.39, 0.29) is 5.37 Å². The van der Waals surface area contributed by atoms with E-state index in [0.29, 0.717) is 12.4 Å². The van der Waals surface area contributed by atoms with Crippen molar-refractivity contribution >= 4 is 33.7 Å². The fraction of sp³-hybridized carbons (Fsp3) is 0.235. The molecular weight excluding hydrogens is 378 g/mol. The molecule has 120 valence electrons. The molecule has 4 nitrogen and oxygen atoms in total. The maximum Gasteiger partial charge on any atom is 0.321 e. The van der Waals surface area contributed by atoms with Crippen molar-refractivity contribution in [2.75, 3.05) is 5.75 Å². The van der Waals surface area contributed by atoms with Crippen molar-refractivity contribution in [3.05, 3.63) is 64.1 Å². The van der Waals surface area contributed by atoms with Crippen LogP contribution in [0.4, 0.5) is 0 Å². The first-order chi connectivity index (χ1) is 11.1. The van der Waals surface area contributed by atoms with Crippen molar-refractivity contribution in [1.29, 1.82) is 0 Å². The summed E-state index contributed by atoms with van der Waals surface area (Å²) in [6.07, 6.45) is 0. The van der Waals surface area contributed by atoms with E-state index in [4.69, 9.17) is 9.84 Å². The number of ether oxygens (including phenoxy) is 1. The number of nitrogens with one attached hydrogen (secondary N) is 1. The molecule has 2 aromatic carbocycles. The van der Waals surface area contributed by atoms with Gasteiger partial charge in [-0.25, -0.2) is 0 Å². The highest BCUT2D eigenvalue weighted by Gasteiger charge is 2.30. The molecule has 1 fully saturated rings. The summed E-state index contributed by atoms with van der Waals surface area (Å²) in [6, 6.07) is 15.3. The van der Waals surface area contributed by atoms with Crippen molar-refractivity contribution in [1.82, 2.24) is 5.32 Å². The predicted octanol–water partition coefficient (Wildman–Crippen LogP) is 3.82. The minimum Gasteiger partial charge on any atom is -0.489 e. The van der Waals surface area contributed by atoms with Gasteiger partial charge in [0, 0.05) is 10.2 Å². The molecule has 1 saturated heterocycles. The summed E-state index contributed by atoms with van der Waals surface area (Å²) >= 11 is 5.02. The molecule has 1 heterocycles. The Kier molecular flexibility index (Phi) is 5.25. The Hall–Kier alpha value is -1.50. The molecule has 23 heavy (non-hydrogen) atoms. The van der Waals surface area contributed by atoms with Crippen molar-refractivity contribution < 1.29 is 14.6 Å². The lowest BCUT2D eigenvalue weighted by Crippen LogP contribution is -2.33. The normalized spacial score (nSPS) is 20.4. The minimum atomic E-state index is -0.797. The van der Waals surface area contributed by atoms with Gasteiger partial charge in [-0.3, -0.25) is 10.1 Å². The Balaban J connectivity index is 1.57. The lowest BCUT2D eigenvalue weighted by atomic mass is 10.2. The molecule has 0 bridgehead atoms. The second kappa shape index (κ2) is 7.38. The highest BCUT2D eigenvalue weighted by molar-refractivity contribution is 9.10. The van der Waals surface area contributed by atoms with Crippen LogP contribution < -0.4 is 10.1 Å². The highest BCUT2D eigenvalue weighted by atomic mass is 79.9. The van der Waals surface area contributed by atoms with Gasteiger partial charge in [0.1, 0.15) is 18.4 Å². The Morgan fingerprint density at radius 2 is 1.91 bits per heavy atom. The van der Waals surface area contributed by atoms with E-state index in [1.54, 1.807) is 11.8 Å². The molecule has 0 unspecified atom stereocenters. The van der Waals surface area contributed by atoms with Crippen molar-refractivity contribution in [3.8, 4) is 5.75 Å². The summed E-state index contributed by atoms with van der Waals surface area (Å²) in [4.78, 5) is 11.0. The van der Waals surface area contributed by atoms with Crippen LogP contribution in [-0.2, 0) is 11.4 Å². The summed E-state index contributed by atoms with van der Waals surface area (Å²) in [5, 5.41) is 12.2. The first-order valence-corrected chi connectivity index (χ1v) is 9.03. The smallest absolute Gasteiger partial charge is 0.321 e. The molecule has 0 radical (unpaired) electrons. The van der Waals surface area contributed by atoms with Gasteiger partial charge in [-0.05, 0) is 35.4 Å². The van der Waals surface area contributed by atoms with Crippen LogP contribution in [0.5, 0.6) is 5.75 Å². The van der Waals surface area contributed by atoms with Gasteiger partial charge in [0.2, 0.25) is 0 Å². The van der Waals surface area contributed by atoms with E-state index >= 15 is 0 Å². The van der Waals surface area contributed by atoms with Crippen LogP contribution in [0, 0.1) is 0 Å². The van der Waals surface area contributed by atoms with Gasteiger partial charge in [-0.15, -0.1) is 11.8 Å². The largest absolute Gasteiger partial charge is 0.489 e. The van der Waals surface area contributed by atoms with Crippen LogP contribution in [0.1, 0.15) is 16.5 Å². The second-order valence-electron chi connectivity index (χ2n) is 5.26. The third-order valence-electron chi connectivity index (χ3n) is 3.58. The first kappa shape index (κ1) is 16.4. The van der Waals surface area contributed by atoms with Crippen LogP contribution in [0.3, 0.4) is 0 Å². The molecule has 2 N–H and O–H groups in total. The zero-order valence-electron chi connectivity index (χ0n) is 12.2. The van der Waals surface area contributed by atoms with Crippen LogP contribution >= 0.6 is 27.7 Å². The summed E-state index contributed by atoms with van der Waals surface area (Å²) < 4.78 is 6.82. The number of carbonyl (C=O) groups is 1. The summed E-state index contributed by atoms with van der Waals surface area (Å²) in [5.41, 5.74) is 2.17. The lowest BCUT2D eigenvalue weighted by molar-refractivity contribution is -0.138. The van der Waals surface area contributed by atoms with Crippen molar-refractivity contribution in [2.24, 2.45) is 0 Å². The Morgan fingerprint density at radius 3 is 2.52 bits per heavy atom. The van der Waals surface area contributed by atoms with Crippen LogP contribution in [-0.4, -0.2) is 22.9 Å². The second-order valence-corrected chi connectivity index (χ2v) is 7.31. The summed E-state index contributed by atoms with van der Waals surface area (Å²) in [7, 11) is 0. The SMILES string of the molecule is O=C(O)[C@@H]1CS[C@@H](c2ccc(OCc3ccc(Br)cc3)cc2)N1. The molecule has 0 amide bonds. The predicted molar refractivity (Wildman–Crippen MR) is 94.7 cm³/mol. The van der Waals surface area contributed by atoms with Gasteiger partial charge >= 0.3 is 5.97 Å². The molecule has 2 atom stereocenters. The summed E-state index contributed by atoms with van der Waals surface area (Å²) in [6.45, 7) is 0.518. The molecule has 2 aromatic rings. The monoisotopic (exact) mass is 393 g/mol. The van der Waals surface area contributed by atoms with Crippen LogP contribution in [0.25, 0.3) is 0 Å². The van der Waals surface area contributed by atoms with Gasteiger partial charge in [0.25, 0.3) is 0 Å². The number of rotatable bonds is 5. The third kappa shape index (κ3) is 4.28. The van der Waals surface area contributed by atoms with Crippen LogP contribution in [0.15, 0.2) is 53.0 Å². The number of benzene rings is 2. The van der Waals surface area contributed by atoms with E-state index in [9.17, 15) is 4.79 Å². The van der Waals surface area contributed by atoms with E-state index in [1.165, 1.54) is 0 Å². The molecule has 1 aliphatic heterocycles. The fourth-order valence-corrected chi connectivity index (χ4v) is 3.79. The number of aliphatic carboxylic acids is 1. The standard InChI is InChI=1S/C17H16BrNO3S/c18-13-5-1-11(2-6-13)9-22-14-7-3-12(4-8-14)16-19-15(10-23-16)17(20)21/h1-8,15-16,19H,9-10H2,(H,20,21)/t15-,16-/m0/s1. The number of carboxylic acid groups (broad SMARTS) is 1. The fourth-order valence-electron chi connectivity index (χ4n) is 2.29. The Morgan fingerprint density at radius 1 is 1.22 bits per heavy atom. The average Bonchev–Trinajstić information content (AvgIpc) is 3.05. The van der Waals surface area contributed by atoms with Crippen LogP contribution in [0.2, 0.25) is 0 Å².